The van der Waals surface area contributed by atoms with Crippen LogP contribution < -0.4 is 10.2 Å². The molecule has 0 aliphatic carbocycles. The lowest BCUT2D eigenvalue weighted by atomic mass is 9.95. The molecule has 3 heterocycles. The van der Waals surface area contributed by atoms with Gasteiger partial charge in [-0.15, -0.1) is 0 Å². The fraction of sp³-hybridized carbons (Fsp3) is 0.500. The van der Waals surface area contributed by atoms with Gasteiger partial charge in [0.25, 0.3) is 0 Å². The minimum absolute atomic E-state index is 0.552. The van der Waals surface area contributed by atoms with Gasteiger partial charge >= 0.3 is 0 Å². The van der Waals surface area contributed by atoms with Crippen molar-refractivity contribution in [3.63, 3.8) is 0 Å². The normalized spacial score (nSPS) is 22.3. The smallest absolute Gasteiger partial charge is 0.210 e. The molecule has 2 bridgehead atoms. The topological polar surface area (TPSA) is 63.9 Å². The first-order valence-corrected chi connectivity index (χ1v) is 14.3. The lowest BCUT2D eigenvalue weighted by Crippen LogP contribution is -2.54. The number of aliphatic imine (C=N–C) groups is 1. The van der Waals surface area contributed by atoms with Crippen molar-refractivity contribution in [2.24, 2.45) is 4.99 Å². The highest BCUT2D eigenvalue weighted by Crippen LogP contribution is 2.35. The molecule has 0 saturated carbocycles. The number of hydrogen-bond acceptors (Lipinski definition) is 5. The Hall–Kier alpha value is -3.30. The van der Waals surface area contributed by atoms with Crippen LogP contribution in [0.25, 0.3) is 10.8 Å². The molecule has 2 aromatic rings. The molecule has 0 spiro atoms. The van der Waals surface area contributed by atoms with Gasteiger partial charge in [-0.25, -0.2) is 0 Å². The second kappa shape index (κ2) is 12.0. The number of piperazine rings is 1. The summed E-state index contributed by atoms with van der Waals surface area (Å²) in [5.41, 5.74) is 5.40. The molecule has 0 radical (unpaired) electrons. The van der Waals surface area contributed by atoms with Crippen LogP contribution in [0.1, 0.15) is 57.9 Å². The SMILES string of the molecule is CC/C=C(/N=C(\C1=C(C)CN(c2cccc3cccc(CCCC#N)c23)CC1)N1CC2CCC(C1)N2)OC. The Morgan fingerprint density at radius 2 is 1.95 bits per heavy atom. The van der Waals surface area contributed by atoms with E-state index in [9.17, 15) is 0 Å². The Labute approximate surface area is 227 Å². The van der Waals surface area contributed by atoms with Crippen LogP contribution in [-0.4, -0.2) is 56.1 Å². The minimum Gasteiger partial charge on any atom is -0.481 e. The standard InChI is InChI=1S/C32H41N5O/c1-4-9-30(38-3)35-32(37-21-26-15-16-27(22-37)34-26)28-17-19-36(20-23(28)2)29-14-8-13-25-12-7-11-24(31(25)29)10-5-6-18-33/h7-9,11-14,26-27,34H,4-6,10,15-17,19-22H2,1-3H3/b30-9-,35-32+. The number of anilines is 1. The largest absolute Gasteiger partial charge is 0.481 e. The zero-order valence-electron chi connectivity index (χ0n) is 23.2. The number of unbranched alkanes of at least 4 members (excludes halogenated alkanes) is 1. The van der Waals surface area contributed by atoms with Crippen LogP contribution in [0.5, 0.6) is 0 Å². The van der Waals surface area contributed by atoms with Crippen molar-refractivity contribution in [1.29, 1.82) is 5.26 Å². The second-order valence-corrected chi connectivity index (χ2v) is 10.9. The highest BCUT2D eigenvalue weighted by Gasteiger charge is 2.35. The van der Waals surface area contributed by atoms with Crippen molar-refractivity contribution in [2.75, 3.05) is 38.2 Å². The predicted molar refractivity (Wildman–Crippen MR) is 156 cm³/mol. The van der Waals surface area contributed by atoms with Crippen LogP contribution >= 0.6 is 0 Å². The summed E-state index contributed by atoms with van der Waals surface area (Å²) < 4.78 is 5.68. The van der Waals surface area contributed by atoms with Gasteiger partial charge in [-0.05, 0) is 79.7 Å². The number of nitriles is 1. The summed E-state index contributed by atoms with van der Waals surface area (Å²) in [5.74, 6) is 1.82. The van der Waals surface area contributed by atoms with E-state index in [4.69, 9.17) is 15.0 Å². The fourth-order valence-corrected chi connectivity index (χ4v) is 6.41. The molecule has 200 valence electrons. The molecule has 38 heavy (non-hydrogen) atoms. The highest BCUT2D eigenvalue weighted by atomic mass is 16.5. The molecule has 5 rings (SSSR count). The van der Waals surface area contributed by atoms with E-state index >= 15 is 0 Å². The van der Waals surface area contributed by atoms with E-state index < -0.39 is 0 Å². The molecule has 0 amide bonds. The number of nitrogens with one attached hydrogen (secondary N) is 1. The molecule has 2 fully saturated rings. The Kier molecular flexibility index (Phi) is 8.34. The van der Waals surface area contributed by atoms with Gasteiger partial charge in [0.05, 0.1) is 13.2 Å². The summed E-state index contributed by atoms with van der Waals surface area (Å²) in [4.78, 5) is 10.2. The number of ether oxygens (including phenoxy) is 1. The summed E-state index contributed by atoms with van der Waals surface area (Å²) >= 11 is 0. The maximum atomic E-state index is 9.05. The Morgan fingerprint density at radius 1 is 1.18 bits per heavy atom. The van der Waals surface area contributed by atoms with Gasteiger partial charge in [0.15, 0.2) is 0 Å². The molecule has 2 aromatic carbocycles. The van der Waals surface area contributed by atoms with Gasteiger partial charge in [0.1, 0.15) is 5.84 Å². The summed E-state index contributed by atoms with van der Waals surface area (Å²) in [6.45, 7) is 8.27. The van der Waals surface area contributed by atoms with E-state index in [-0.39, 0.29) is 0 Å². The van der Waals surface area contributed by atoms with Crippen LogP contribution in [0.4, 0.5) is 5.69 Å². The molecule has 6 nitrogen and oxygen atoms in total. The zero-order chi connectivity index (χ0) is 26.5. The third-order valence-corrected chi connectivity index (χ3v) is 8.21. The van der Waals surface area contributed by atoms with Gasteiger partial charge in [0, 0.05) is 55.8 Å². The van der Waals surface area contributed by atoms with Gasteiger partial charge in [-0.2, -0.15) is 10.3 Å². The van der Waals surface area contributed by atoms with Crippen LogP contribution in [0.15, 0.2) is 64.5 Å². The molecule has 2 atom stereocenters. The number of hydrogen-bond donors (Lipinski definition) is 1. The number of amidine groups is 1. The third-order valence-electron chi connectivity index (χ3n) is 8.21. The zero-order valence-corrected chi connectivity index (χ0v) is 23.2. The van der Waals surface area contributed by atoms with Crippen LogP contribution in [0.3, 0.4) is 0 Å². The number of benzene rings is 2. The van der Waals surface area contributed by atoms with Gasteiger partial charge in [-0.1, -0.05) is 37.3 Å². The lowest BCUT2D eigenvalue weighted by Gasteiger charge is -2.39. The van der Waals surface area contributed by atoms with E-state index in [1.54, 1.807) is 7.11 Å². The van der Waals surface area contributed by atoms with Crippen molar-refractivity contribution >= 4 is 22.3 Å². The van der Waals surface area contributed by atoms with E-state index in [2.05, 4.69) is 77.5 Å². The molecule has 3 aliphatic rings. The quantitative estimate of drug-likeness (QED) is 0.206. The number of fused-ring (bicyclic) bond motifs is 3. The molecule has 2 unspecified atom stereocenters. The Morgan fingerprint density at radius 3 is 2.63 bits per heavy atom. The van der Waals surface area contributed by atoms with Gasteiger partial charge in [-0.3, -0.25) is 0 Å². The summed E-state index contributed by atoms with van der Waals surface area (Å²) in [6, 6.07) is 16.6. The van der Waals surface area contributed by atoms with Crippen molar-refractivity contribution < 1.29 is 4.74 Å². The fourth-order valence-electron chi connectivity index (χ4n) is 6.41. The Balaban J connectivity index is 1.47. The molecule has 3 aliphatic heterocycles. The first-order chi connectivity index (χ1) is 18.6. The van der Waals surface area contributed by atoms with E-state index in [1.165, 1.54) is 46.0 Å². The number of nitrogens with zero attached hydrogens (tertiary/aromatic N) is 4. The molecule has 2 saturated heterocycles. The molecule has 0 aromatic heterocycles. The van der Waals surface area contributed by atoms with Gasteiger partial charge in [0.2, 0.25) is 5.88 Å². The van der Waals surface area contributed by atoms with E-state index in [1.807, 2.05) is 0 Å². The van der Waals surface area contributed by atoms with Crippen LogP contribution in [0, 0.1) is 11.3 Å². The maximum Gasteiger partial charge on any atom is 0.210 e. The average molecular weight is 512 g/mol. The number of methoxy groups -OCH3 is 1. The maximum absolute atomic E-state index is 9.05. The number of rotatable bonds is 8. The van der Waals surface area contributed by atoms with E-state index in [0.717, 1.165) is 57.7 Å². The Bertz CT molecular complexity index is 1270. The van der Waals surface area contributed by atoms with Crippen molar-refractivity contribution in [3.8, 4) is 6.07 Å². The van der Waals surface area contributed by atoms with Gasteiger partial charge < -0.3 is 19.9 Å². The first kappa shape index (κ1) is 26.3. The van der Waals surface area contributed by atoms with Crippen LogP contribution in [0.2, 0.25) is 0 Å². The van der Waals surface area contributed by atoms with Crippen molar-refractivity contribution in [1.82, 2.24) is 10.2 Å². The first-order valence-electron chi connectivity index (χ1n) is 14.3. The highest BCUT2D eigenvalue weighted by molar-refractivity contribution is 6.01. The minimum atomic E-state index is 0.552. The summed E-state index contributed by atoms with van der Waals surface area (Å²) in [6.07, 6.45) is 8.86. The monoisotopic (exact) mass is 511 g/mol. The van der Waals surface area contributed by atoms with Crippen molar-refractivity contribution in [3.05, 3.63) is 65.1 Å². The van der Waals surface area contributed by atoms with E-state index in [0.29, 0.717) is 24.4 Å². The second-order valence-electron chi connectivity index (χ2n) is 10.9. The number of allylic oxidation sites excluding steroid dienone is 1. The summed E-state index contributed by atoms with van der Waals surface area (Å²) in [7, 11) is 1.72. The average Bonchev–Trinajstić information content (AvgIpc) is 3.28. The molecular weight excluding hydrogens is 470 g/mol. The number of aryl methyl sites for hydroxylation is 1. The molecular formula is C32H41N5O. The lowest BCUT2D eigenvalue weighted by molar-refractivity contribution is 0.272. The van der Waals surface area contributed by atoms with Crippen molar-refractivity contribution in [2.45, 2.75) is 70.9 Å². The van der Waals surface area contributed by atoms with Crippen LogP contribution in [-0.2, 0) is 11.2 Å². The number of likely N-dealkylation sites (tertiary alicyclic amines) is 1. The summed E-state index contributed by atoms with van der Waals surface area (Å²) in [5, 5.41) is 15.4. The molecule has 1 N–H and O–H groups in total. The third kappa shape index (κ3) is 5.59. The predicted octanol–water partition coefficient (Wildman–Crippen LogP) is 5.95. The molecule has 6 heteroatoms.